The number of nitrogens with one attached hydrogen (secondary N) is 1. The van der Waals surface area contributed by atoms with E-state index in [1.807, 2.05) is 26.8 Å². The van der Waals surface area contributed by atoms with Crippen molar-refractivity contribution in [2.24, 2.45) is 5.92 Å². The fourth-order valence-corrected chi connectivity index (χ4v) is 1.76. The lowest BCUT2D eigenvalue weighted by molar-refractivity contribution is -0.0506. The number of rotatable bonds is 7. The van der Waals surface area contributed by atoms with Crippen LogP contribution in [-0.4, -0.2) is 24.9 Å². The molecule has 0 radical (unpaired) electrons. The molecule has 2 atom stereocenters. The monoisotopic (exact) mass is 273 g/mol. The molecule has 2 unspecified atom stereocenters. The molecule has 0 fully saturated rings. The van der Waals surface area contributed by atoms with Gasteiger partial charge in [-0.1, -0.05) is 24.6 Å². The molecule has 108 valence electrons. The van der Waals surface area contributed by atoms with Crippen molar-refractivity contribution in [1.29, 1.82) is 0 Å². The zero-order valence-electron chi connectivity index (χ0n) is 11.5. The van der Waals surface area contributed by atoms with Crippen molar-refractivity contribution in [1.82, 2.24) is 5.32 Å². The molecule has 0 aromatic heterocycles. The molecule has 2 N–H and O–H groups in total. The molecule has 0 saturated heterocycles. The van der Waals surface area contributed by atoms with Gasteiger partial charge in [0.25, 0.3) is 0 Å². The number of hydrogen-bond acceptors (Lipinski definition) is 3. The summed E-state index contributed by atoms with van der Waals surface area (Å²) in [6, 6.07) is 5.01. The lowest BCUT2D eigenvalue weighted by Gasteiger charge is -2.20. The maximum atomic E-state index is 12.4. The third-order valence-corrected chi connectivity index (χ3v) is 2.93. The van der Waals surface area contributed by atoms with Crippen molar-refractivity contribution in [2.45, 2.75) is 33.4 Å². The molecular formula is C14H21F2NO2. The number of aliphatic hydroxyl groups excluding tert-OH is 1. The maximum Gasteiger partial charge on any atom is 0.387 e. The molecule has 0 aliphatic rings. The van der Waals surface area contributed by atoms with Gasteiger partial charge < -0.3 is 15.2 Å². The molecule has 1 rings (SSSR count). The van der Waals surface area contributed by atoms with Crippen molar-refractivity contribution in [3.63, 3.8) is 0 Å². The molecule has 0 saturated carbocycles. The smallest absolute Gasteiger partial charge is 0.387 e. The van der Waals surface area contributed by atoms with Gasteiger partial charge in [-0.3, -0.25) is 0 Å². The van der Waals surface area contributed by atoms with E-state index in [9.17, 15) is 8.78 Å². The van der Waals surface area contributed by atoms with E-state index in [2.05, 4.69) is 10.1 Å². The second-order valence-corrected chi connectivity index (χ2v) is 4.84. The summed E-state index contributed by atoms with van der Waals surface area (Å²) >= 11 is 0. The summed E-state index contributed by atoms with van der Waals surface area (Å²) in [5, 5.41) is 12.2. The Bertz CT molecular complexity index is 399. The molecule has 0 aliphatic heterocycles. The van der Waals surface area contributed by atoms with Crippen LogP contribution in [0.15, 0.2) is 18.2 Å². The van der Waals surface area contributed by atoms with Crippen LogP contribution in [0, 0.1) is 12.8 Å². The lowest BCUT2D eigenvalue weighted by atomic mass is 10.0. The quantitative estimate of drug-likeness (QED) is 0.802. The Labute approximate surface area is 112 Å². The fourth-order valence-electron chi connectivity index (χ4n) is 1.76. The van der Waals surface area contributed by atoms with Gasteiger partial charge in [-0.15, -0.1) is 0 Å². The molecule has 5 heteroatoms. The second kappa shape index (κ2) is 7.40. The van der Waals surface area contributed by atoms with Crippen LogP contribution in [-0.2, 0) is 0 Å². The number of benzene rings is 1. The summed E-state index contributed by atoms with van der Waals surface area (Å²) in [4.78, 5) is 0. The molecule has 0 bridgehead atoms. The Balaban J connectivity index is 2.81. The summed E-state index contributed by atoms with van der Waals surface area (Å²) < 4.78 is 29.2. The topological polar surface area (TPSA) is 41.5 Å². The van der Waals surface area contributed by atoms with Crippen LogP contribution in [0.5, 0.6) is 5.75 Å². The van der Waals surface area contributed by atoms with Crippen LogP contribution in [0.2, 0.25) is 0 Å². The van der Waals surface area contributed by atoms with Crippen LogP contribution in [0.25, 0.3) is 0 Å². The van der Waals surface area contributed by atoms with Crippen LogP contribution in [0.4, 0.5) is 8.78 Å². The highest BCUT2D eigenvalue weighted by molar-refractivity contribution is 5.39. The van der Waals surface area contributed by atoms with E-state index in [0.717, 1.165) is 5.56 Å². The van der Waals surface area contributed by atoms with E-state index in [1.54, 1.807) is 12.1 Å². The summed E-state index contributed by atoms with van der Waals surface area (Å²) in [6.07, 6.45) is 0. The van der Waals surface area contributed by atoms with E-state index in [0.29, 0.717) is 12.1 Å². The van der Waals surface area contributed by atoms with Crippen molar-refractivity contribution < 1.29 is 18.6 Å². The van der Waals surface area contributed by atoms with Crippen LogP contribution < -0.4 is 10.1 Å². The largest absolute Gasteiger partial charge is 0.434 e. The third-order valence-electron chi connectivity index (χ3n) is 2.93. The van der Waals surface area contributed by atoms with Gasteiger partial charge in [-0.25, -0.2) is 0 Å². The van der Waals surface area contributed by atoms with E-state index in [4.69, 9.17) is 5.11 Å². The van der Waals surface area contributed by atoms with Gasteiger partial charge >= 0.3 is 6.61 Å². The van der Waals surface area contributed by atoms with E-state index in [1.165, 1.54) is 0 Å². The molecule has 0 heterocycles. The number of hydrogen-bond donors (Lipinski definition) is 2. The second-order valence-electron chi connectivity index (χ2n) is 4.84. The standard InChI is InChI=1S/C14H21F2NO2/c1-9-4-5-13(19-14(15)16)12(6-9)11(3)17-7-10(2)8-18/h4-6,10-11,14,17-18H,7-8H2,1-3H3. The molecular weight excluding hydrogens is 252 g/mol. The first-order chi connectivity index (χ1) is 8.93. The van der Waals surface area contributed by atoms with Gasteiger partial charge in [-0.05, 0) is 25.8 Å². The molecule has 1 aromatic carbocycles. The highest BCUT2D eigenvalue weighted by atomic mass is 19.3. The molecule has 0 aliphatic carbocycles. The molecule has 3 nitrogen and oxygen atoms in total. The highest BCUT2D eigenvalue weighted by Crippen LogP contribution is 2.27. The Morgan fingerprint density at radius 2 is 2.00 bits per heavy atom. The zero-order chi connectivity index (χ0) is 14.4. The van der Waals surface area contributed by atoms with Crippen molar-refractivity contribution in [3.05, 3.63) is 29.3 Å². The van der Waals surface area contributed by atoms with E-state index < -0.39 is 6.61 Å². The summed E-state index contributed by atoms with van der Waals surface area (Å²) in [5.74, 6) is 0.309. The third kappa shape index (κ3) is 5.12. The van der Waals surface area contributed by atoms with Crippen LogP contribution in [0.1, 0.15) is 31.0 Å². The SMILES string of the molecule is Cc1ccc(OC(F)F)c(C(C)NCC(C)CO)c1. The zero-order valence-corrected chi connectivity index (χ0v) is 11.5. The summed E-state index contributed by atoms with van der Waals surface area (Å²) in [7, 11) is 0. The lowest BCUT2D eigenvalue weighted by Crippen LogP contribution is -2.26. The highest BCUT2D eigenvalue weighted by Gasteiger charge is 2.15. The minimum Gasteiger partial charge on any atom is -0.434 e. The van der Waals surface area contributed by atoms with Crippen molar-refractivity contribution in [3.8, 4) is 5.75 Å². The number of aliphatic hydroxyl groups is 1. The Hall–Kier alpha value is -1.20. The minimum absolute atomic E-state index is 0.0912. The van der Waals surface area contributed by atoms with Crippen molar-refractivity contribution >= 4 is 0 Å². The van der Waals surface area contributed by atoms with E-state index in [-0.39, 0.29) is 24.3 Å². The predicted molar refractivity (Wildman–Crippen MR) is 70.5 cm³/mol. The molecule has 19 heavy (non-hydrogen) atoms. The Kier molecular flexibility index (Phi) is 6.18. The van der Waals surface area contributed by atoms with Crippen LogP contribution in [0.3, 0.4) is 0 Å². The molecule has 0 amide bonds. The first-order valence-corrected chi connectivity index (χ1v) is 6.33. The van der Waals surface area contributed by atoms with Gasteiger partial charge in [0.05, 0.1) is 0 Å². The number of aryl methyl sites for hydroxylation is 1. The summed E-state index contributed by atoms with van der Waals surface area (Å²) in [6.45, 7) is 3.57. The maximum absolute atomic E-state index is 12.4. The van der Waals surface area contributed by atoms with Gasteiger partial charge in [0, 0.05) is 24.8 Å². The predicted octanol–water partition coefficient (Wildman–Crippen LogP) is 2.88. The van der Waals surface area contributed by atoms with E-state index >= 15 is 0 Å². The Morgan fingerprint density at radius 3 is 2.58 bits per heavy atom. The number of ether oxygens (including phenoxy) is 1. The summed E-state index contributed by atoms with van der Waals surface area (Å²) in [5.41, 5.74) is 1.69. The first kappa shape index (κ1) is 15.9. The van der Waals surface area contributed by atoms with Gasteiger partial charge in [-0.2, -0.15) is 8.78 Å². The molecule has 0 spiro atoms. The minimum atomic E-state index is -2.83. The number of alkyl halides is 2. The first-order valence-electron chi connectivity index (χ1n) is 6.33. The van der Waals surface area contributed by atoms with Crippen molar-refractivity contribution in [2.75, 3.05) is 13.2 Å². The molecule has 1 aromatic rings. The van der Waals surface area contributed by atoms with Gasteiger partial charge in [0.1, 0.15) is 5.75 Å². The normalized spacial score (nSPS) is 14.5. The Morgan fingerprint density at radius 1 is 1.32 bits per heavy atom. The average molecular weight is 273 g/mol. The fraction of sp³-hybridized carbons (Fsp3) is 0.571. The van der Waals surface area contributed by atoms with Gasteiger partial charge in [0.15, 0.2) is 0 Å². The van der Waals surface area contributed by atoms with Crippen LogP contribution >= 0.6 is 0 Å². The average Bonchev–Trinajstić information content (AvgIpc) is 2.37. The van der Waals surface area contributed by atoms with Gasteiger partial charge in [0.2, 0.25) is 0 Å². The number of halogens is 2.